The molecule has 2 aromatic rings. The van der Waals surface area contributed by atoms with Crippen molar-refractivity contribution in [3.05, 3.63) is 58.5 Å². The number of hydrogen-bond acceptors (Lipinski definition) is 2. The lowest BCUT2D eigenvalue weighted by atomic mass is 10.0. The largest absolute Gasteiger partial charge is 0.466 e. The van der Waals surface area contributed by atoms with E-state index in [1.54, 1.807) is 0 Å². The van der Waals surface area contributed by atoms with Gasteiger partial charge in [0.05, 0.1) is 0 Å². The maximum Gasteiger partial charge on any atom is 0.105 e. The minimum Gasteiger partial charge on any atom is -0.466 e. The standard InChI is InChI=1S/C17H23NO/c1-11-8-6-7-9-16(11)13(3)18-14(4)17-10-12(2)19-15(17)5/h6-10,13-14,18H,1-5H3. The molecule has 0 saturated heterocycles. The average molecular weight is 257 g/mol. The van der Waals surface area contributed by atoms with Crippen molar-refractivity contribution in [3.8, 4) is 0 Å². The van der Waals surface area contributed by atoms with E-state index in [-0.39, 0.29) is 6.04 Å². The molecule has 19 heavy (non-hydrogen) atoms. The van der Waals surface area contributed by atoms with Crippen LogP contribution in [-0.2, 0) is 0 Å². The molecule has 0 amide bonds. The highest BCUT2D eigenvalue weighted by molar-refractivity contribution is 5.29. The summed E-state index contributed by atoms with van der Waals surface area (Å²) in [6.45, 7) is 10.6. The van der Waals surface area contributed by atoms with E-state index in [1.807, 2.05) is 13.8 Å². The summed E-state index contributed by atoms with van der Waals surface area (Å²) in [5, 5.41) is 3.65. The Morgan fingerprint density at radius 3 is 2.16 bits per heavy atom. The van der Waals surface area contributed by atoms with E-state index in [4.69, 9.17) is 4.42 Å². The fourth-order valence-electron chi connectivity index (χ4n) is 2.71. The quantitative estimate of drug-likeness (QED) is 0.864. The van der Waals surface area contributed by atoms with Crippen LogP contribution in [0.4, 0.5) is 0 Å². The van der Waals surface area contributed by atoms with E-state index < -0.39 is 0 Å². The second-order valence-electron chi connectivity index (χ2n) is 5.34. The Morgan fingerprint density at radius 1 is 0.947 bits per heavy atom. The molecule has 0 aliphatic carbocycles. The molecule has 2 heteroatoms. The van der Waals surface area contributed by atoms with Crippen LogP contribution in [0.5, 0.6) is 0 Å². The van der Waals surface area contributed by atoms with Crippen molar-refractivity contribution in [3.63, 3.8) is 0 Å². The lowest BCUT2D eigenvalue weighted by molar-refractivity contribution is 0.468. The molecule has 0 radical (unpaired) electrons. The molecule has 1 aromatic carbocycles. The summed E-state index contributed by atoms with van der Waals surface area (Å²) in [6.07, 6.45) is 0. The van der Waals surface area contributed by atoms with E-state index in [9.17, 15) is 0 Å². The van der Waals surface area contributed by atoms with Gasteiger partial charge in [-0.1, -0.05) is 24.3 Å². The molecule has 0 bridgehead atoms. The second-order valence-corrected chi connectivity index (χ2v) is 5.34. The summed E-state index contributed by atoms with van der Waals surface area (Å²) in [4.78, 5) is 0. The number of hydrogen-bond donors (Lipinski definition) is 1. The zero-order valence-corrected chi connectivity index (χ0v) is 12.4. The first-order valence-electron chi connectivity index (χ1n) is 6.87. The Morgan fingerprint density at radius 2 is 1.58 bits per heavy atom. The molecule has 1 N–H and O–H groups in total. The number of rotatable bonds is 4. The first-order chi connectivity index (χ1) is 8.99. The third-order valence-corrected chi connectivity index (χ3v) is 3.70. The van der Waals surface area contributed by atoms with Gasteiger partial charge in [0.15, 0.2) is 0 Å². The fourth-order valence-corrected chi connectivity index (χ4v) is 2.71. The number of aryl methyl sites for hydroxylation is 3. The van der Waals surface area contributed by atoms with Crippen LogP contribution >= 0.6 is 0 Å². The molecule has 2 unspecified atom stereocenters. The lowest BCUT2D eigenvalue weighted by Crippen LogP contribution is -2.23. The molecule has 2 rings (SSSR count). The van der Waals surface area contributed by atoms with E-state index >= 15 is 0 Å². The maximum atomic E-state index is 5.61. The molecular formula is C17H23NO. The van der Waals surface area contributed by atoms with E-state index in [0.717, 1.165) is 11.5 Å². The fraction of sp³-hybridized carbons (Fsp3) is 0.412. The smallest absolute Gasteiger partial charge is 0.105 e. The van der Waals surface area contributed by atoms with Crippen LogP contribution in [0.25, 0.3) is 0 Å². The predicted molar refractivity (Wildman–Crippen MR) is 79.3 cm³/mol. The molecule has 0 aliphatic rings. The van der Waals surface area contributed by atoms with Crippen LogP contribution in [-0.4, -0.2) is 0 Å². The van der Waals surface area contributed by atoms with Crippen LogP contribution in [0.3, 0.4) is 0 Å². The maximum absolute atomic E-state index is 5.61. The van der Waals surface area contributed by atoms with Gasteiger partial charge < -0.3 is 9.73 Å². The molecule has 2 nitrogen and oxygen atoms in total. The van der Waals surface area contributed by atoms with Gasteiger partial charge in [-0.05, 0) is 51.8 Å². The van der Waals surface area contributed by atoms with Gasteiger partial charge in [0.1, 0.15) is 11.5 Å². The van der Waals surface area contributed by atoms with E-state index in [2.05, 4.69) is 56.4 Å². The summed E-state index contributed by atoms with van der Waals surface area (Å²) in [5.74, 6) is 1.99. The topological polar surface area (TPSA) is 25.2 Å². The van der Waals surface area contributed by atoms with Crippen molar-refractivity contribution in [1.82, 2.24) is 5.32 Å². The molecule has 1 aromatic heterocycles. The zero-order valence-electron chi connectivity index (χ0n) is 12.4. The van der Waals surface area contributed by atoms with Crippen molar-refractivity contribution in [2.24, 2.45) is 0 Å². The van der Waals surface area contributed by atoms with Crippen molar-refractivity contribution in [1.29, 1.82) is 0 Å². The highest BCUT2D eigenvalue weighted by atomic mass is 16.3. The minimum absolute atomic E-state index is 0.284. The van der Waals surface area contributed by atoms with Gasteiger partial charge in [0, 0.05) is 17.6 Å². The first-order valence-corrected chi connectivity index (χ1v) is 6.87. The average Bonchev–Trinajstić information content (AvgIpc) is 2.69. The van der Waals surface area contributed by atoms with Gasteiger partial charge in [0.2, 0.25) is 0 Å². The Kier molecular flexibility index (Phi) is 4.11. The van der Waals surface area contributed by atoms with Gasteiger partial charge in [-0.3, -0.25) is 0 Å². The molecule has 2 atom stereocenters. The summed E-state index contributed by atoms with van der Waals surface area (Å²) in [6, 6.07) is 11.3. The van der Waals surface area contributed by atoms with Gasteiger partial charge in [-0.2, -0.15) is 0 Å². The van der Waals surface area contributed by atoms with Gasteiger partial charge in [-0.25, -0.2) is 0 Å². The molecule has 0 saturated carbocycles. The highest BCUT2D eigenvalue weighted by Crippen LogP contribution is 2.25. The Hall–Kier alpha value is -1.54. The third-order valence-electron chi connectivity index (χ3n) is 3.70. The third kappa shape index (κ3) is 3.07. The zero-order chi connectivity index (χ0) is 14.0. The molecule has 0 spiro atoms. The summed E-state index contributed by atoms with van der Waals surface area (Å²) < 4.78 is 5.61. The predicted octanol–water partition coefficient (Wildman–Crippen LogP) is 4.62. The minimum atomic E-state index is 0.284. The molecule has 0 aliphatic heterocycles. The number of benzene rings is 1. The summed E-state index contributed by atoms with van der Waals surface area (Å²) >= 11 is 0. The van der Waals surface area contributed by atoms with Crippen LogP contribution < -0.4 is 5.32 Å². The van der Waals surface area contributed by atoms with Crippen LogP contribution in [0.2, 0.25) is 0 Å². The molecule has 1 heterocycles. The van der Waals surface area contributed by atoms with Crippen molar-refractivity contribution in [2.75, 3.05) is 0 Å². The Bertz CT molecular complexity index is 556. The van der Waals surface area contributed by atoms with E-state index in [0.29, 0.717) is 6.04 Å². The number of furan rings is 1. The van der Waals surface area contributed by atoms with Crippen molar-refractivity contribution in [2.45, 2.75) is 46.7 Å². The second kappa shape index (κ2) is 5.62. The first kappa shape index (κ1) is 13.9. The summed E-state index contributed by atoms with van der Waals surface area (Å²) in [7, 11) is 0. The van der Waals surface area contributed by atoms with E-state index in [1.165, 1.54) is 16.7 Å². The number of nitrogens with one attached hydrogen (secondary N) is 1. The van der Waals surface area contributed by atoms with Crippen LogP contribution in [0.15, 0.2) is 34.7 Å². The van der Waals surface area contributed by atoms with Crippen molar-refractivity contribution < 1.29 is 4.42 Å². The van der Waals surface area contributed by atoms with Crippen LogP contribution in [0, 0.1) is 20.8 Å². The van der Waals surface area contributed by atoms with Gasteiger partial charge in [0.25, 0.3) is 0 Å². The molecule has 102 valence electrons. The molecular weight excluding hydrogens is 234 g/mol. The van der Waals surface area contributed by atoms with Gasteiger partial charge >= 0.3 is 0 Å². The highest BCUT2D eigenvalue weighted by Gasteiger charge is 2.16. The van der Waals surface area contributed by atoms with Gasteiger partial charge in [-0.15, -0.1) is 0 Å². The summed E-state index contributed by atoms with van der Waals surface area (Å²) in [5.41, 5.74) is 3.93. The Balaban J connectivity index is 2.13. The normalized spacial score (nSPS) is 14.4. The van der Waals surface area contributed by atoms with Crippen LogP contribution in [0.1, 0.15) is 54.1 Å². The Labute approximate surface area is 115 Å². The SMILES string of the molecule is Cc1cc(C(C)NC(C)c2ccccc2C)c(C)o1. The monoisotopic (exact) mass is 257 g/mol. The van der Waals surface area contributed by atoms with Crippen molar-refractivity contribution >= 4 is 0 Å². The molecule has 0 fully saturated rings. The lowest BCUT2D eigenvalue weighted by Gasteiger charge is -2.21.